The summed E-state index contributed by atoms with van der Waals surface area (Å²) < 4.78 is 0. The molecule has 0 fully saturated rings. The number of aliphatic carboxylic acids is 1. The van der Waals surface area contributed by atoms with Crippen LogP contribution in [0.15, 0.2) is 17.3 Å². The molecule has 76 valence electrons. The highest BCUT2D eigenvalue weighted by atomic mass is 16.4. The van der Waals surface area contributed by atoms with Gasteiger partial charge in [0.2, 0.25) is 0 Å². The van der Waals surface area contributed by atoms with Crippen molar-refractivity contribution < 1.29 is 14.7 Å². The second-order valence-electron chi connectivity index (χ2n) is 2.99. The molecule has 0 bridgehead atoms. The van der Waals surface area contributed by atoms with Crippen LogP contribution in [0.1, 0.15) is 6.92 Å². The number of amides is 1. The number of amidine groups is 1. The van der Waals surface area contributed by atoms with Gasteiger partial charge in [-0.15, -0.1) is 0 Å². The van der Waals surface area contributed by atoms with Gasteiger partial charge in [0.25, 0.3) is 5.91 Å². The van der Waals surface area contributed by atoms with E-state index in [1.807, 2.05) is 0 Å². The fraction of sp³-hybridized carbons (Fsp3) is 0.375. The van der Waals surface area contributed by atoms with Crippen LogP contribution in [0.5, 0.6) is 0 Å². The molecule has 3 N–H and O–H groups in total. The Bertz CT molecular complexity index is 333. The van der Waals surface area contributed by atoms with E-state index in [0.717, 1.165) is 4.90 Å². The van der Waals surface area contributed by atoms with Crippen LogP contribution in [0.4, 0.5) is 0 Å². The quantitative estimate of drug-likeness (QED) is 0.577. The number of nitrogens with two attached hydrogens (primary N) is 1. The van der Waals surface area contributed by atoms with E-state index in [9.17, 15) is 9.59 Å². The van der Waals surface area contributed by atoms with Crippen molar-refractivity contribution in [3.63, 3.8) is 0 Å². The molecule has 6 heteroatoms. The van der Waals surface area contributed by atoms with E-state index in [1.54, 1.807) is 6.92 Å². The number of nitrogens with zero attached hydrogens (tertiary/aromatic N) is 2. The van der Waals surface area contributed by atoms with Gasteiger partial charge >= 0.3 is 5.97 Å². The van der Waals surface area contributed by atoms with Crippen molar-refractivity contribution >= 4 is 17.7 Å². The van der Waals surface area contributed by atoms with E-state index in [2.05, 4.69) is 11.6 Å². The molecule has 0 aromatic rings. The van der Waals surface area contributed by atoms with Gasteiger partial charge < -0.3 is 10.8 Å². The summed E-state index contributed by atoms with van der Waals surface area (Å²) in [6, 6.07) is -0.488. The molecule has 0 aliphatic carbocycles. The van der Waals surface area contributed by atoms with Crippen LogP contribution in [-0.2, 0) is 9.59 Å². The molecule has 0 unspecified atom stereocenters. The molecule has 0 aromatic carbocycles. The molecule has 1 aliphatic rings. The van der Waals surface area contributed by atoms with E-state index in [1.165, 1.54) is 0 Å². The summed E-state index contributed by atoms with van der Waals surface area (Å²) in [5, 5.41) is 8.56. The number of carboxylic acids is 1. The minimum atomic E-state index is -1.11. The number of hydrogen-bond acceptors (Lipinski definition) is 4. The van der Waals surface area contributed by atoms with Crippen LogP contribution in [0.3, 0.4) is 0 Å². The lowest BCUT2D eigenvalue weighted by molar-refractivity contribution is -0.140. The van der Waals surface area contributed by atoms with Gasteiger partial charge in [-0.2, -0.15) is 0 Å². The Kier molecular flexibility index (Phi) is 2.66. The molecule has 1 atom stereocenters. The monoisotopic (exact) mass is 197 g/mol. The van der Waals surface area contributed by atoms with E-state index >= 15 is 0 Å². The molecule has 14 heavy (non-hydrogen) atoms. The normalized spacial score (nSPS) is 18.4. The maximum atomic E-state index is 11.3. The standard InChI is InChI=1S/C8H11N3O3/c1-4(9)7-10-5(2)8(14)11(7)3-6(12)13/h4H,2-3,9H2,1H3,(H,12,13)/t4-/m0/s1. The predicted octanol–water partition coefficient (Wildman–Crippen LogP) is -0.827. The molecule has 0 aromatic heterocycles. The lowest BCUT2D eigenvalue weighted by Gasteiger charge is -2.17. The first-order valence-corrected chi connectivity index (χ1v) is 4.00. The SMILES string of the molecule is C=C1N=C([C@H](C)N)N(CC(=O)O)C1=O. The number of carbonyl (C=O) groups excluding carboxylic acids is 1. The maximum Gasteiger partial charge on any atom is 0.323 e. The average Bonchev–Trinajstić information content (AvgIpc) is 2.32. The van der Waals surface area contributed by atoms with Crippen LogP contribution >= 0.6 is 0 Å². The maximum absolute atomic E-state index is 11.3. The Morgan fingerprint density at radius 2 is 2.36 bits per heavy atom. The molecule has 0 spiro atoms. The predicted molar refractivity (Wildman–Crippen MR) is 49.6 cm³/mol. The van der Waals surface area contributed by atoms with Gasteiger partial charge in [-0.1, -0.05) is 6.58 Å². The summed E-state index contributed by atoms with van der Waals surface area (Å²) in [4.78, 5) is 26.6. The van der Waals surface area contributed by atoms with Crippen molar-refractivity contribution in [1.29, 1.82) is 0 Å². The molecule has 1 heterocycles. The second kappa shape index (κ2) is 3.59. The zero-order valence-electron chi connectivity index (χ0n) is 7.73. The van der Waals surface area contributed by atoms with Crippen LogP contribution in [0.2, 0.25) is 0 Å². The zero-order valence-corrected chi connectivity index (χ0v) is 7.73. The van der Waals surface area contributed by atoms with E-state index in [0.29, 0.717) is 0 Å². The zero-order chi connectivity index (χ0) is 10.9. The smallest absolute Gasteiger partial charge is 0.323 e. The number of rotatable bonds is 3. The number of hydrogen-bond donors (Lipinski definition) is 2. The van der Waals surface area contributed by atoms with Crippen molar-refractivity contribution in [3.05, 3.63) is 12.3 Å². The number of carbonyl (C=O) groups is 2. The van der Waals surface area contributed by atoms with Crippen LogP contribution in [0, 0.1) is 0 Å². The lowest BCUT2D eigenvalue weighted by atomic mass is 10.3. The summed E-state index contributed by atoms with van der Waals surface area (Å²) in [5.74, 6) is -1.36. The van der Waals surface area contributed by atoms with Gasteiger partial charge in [-0.3, -0.25) is 14.5 Å². The number of carboxylic acid groups (broad SMARTS) is 1. The molecular formula is C8H11N3O3. The summed E-state index contributed by atoms with van der Waals surface area (Å²) in [5.41, 5.74) is 5.56. The summed E-state index contributed by atoms with van der Waals surface area (Å²) in [6.45, 7) is 4.59. The first kappa shape index (κ1) is 10.4. The molecule has 0 radical (unpaired) electrons. The molecule has 0 saturated carbocycles. The van der Waals surface area contributed by atoms with Gasteiger partial charge in [0.1, 0.15) is 18.1 Å². The fourth-order valence-electron chi connectivity index (χ4n) is 1.14. The average molecular weight is 197 g/mol. The minimum Gasteiger partial charge on any atom is -0.480 e. The Morgan fingerprint density at radius 1 is 1.79 bits per heavy atom. The molecule has 1 aliphatic heterocycles. The highest BCUT2D eigenvalue weighted by Crippen LogP contribution is 2.13. The van der Waals surface area contributed by atoms with Crippen molar-refractivity contribution in [1.82, 2.24) is 4.90 Å². The third-order valence-electron chi connectivity index (χ3n) is 1.72. The summed E-state index contributed by atoms with van der Waals surface area (Å²) >= 11 is 0. The van der Waals surface area contributed by atoms with Crippen LogP contribution < -0.4 is 5.73 Å². The Labute approximate surface area is 80.7 Å². The van der Waals surface area contributed by atoms with Crippen LogP contribution in [0.25, 0.3) is 0 Å². The van der Waals surface area contributed by atoms with Crippen molar-refractivity contribution in [2.24, 2.45) is 10.7 Å². The molecule has 1 amide bonds. The van der Waals surface area contributed by atoms with Gasteiger partial charge in [-0.05, 0) is 6.92 Å². The first-order chi connectivity index (χ1) is 6.43. The molecule has 0 saturated heterocycles. The van der Waals surface area contributed by atoms with Crippen molar-refractivity contribution in [2.45, 2.75) is 13.0 Å². The molecule has 6 nitrogen and oxygen atoms in total. The Morgan fingerprint density at radius 3 is 2.79 bits per heavy atom. The number of aliphatic imine (C=N–C) groups is 1. The summed E-state index contributed by atoms with van der Waals surface area (Å²) in [7, 11) is 0. The molecular weight excluding hydrogens is 186 g/mol. The van der Waals surface area contributed by atoms with E-state index in [4.69, 9.17) is 10.8 Å². The first-order valence-electron chi connectivity index (χ1n) is 4.00. The van der Waals surface area contributed by atoms with E-state index < -0.39 is 24.5 Å². The third kappa shape index (κ3) is 1.80. The van der Waals surface area contributed by atoms with Gasteiger partial charge in [-0.25, -0.2) is 4.99 Å². The highest BCUT2D eigenvalue weighted by molar-refractivity contribution is 6.14. The van der Waals surface area contributed by atoms with Crippen molar-refractivity contribution in [3.8, 4) is 0 Å². The highest BCUT2D eigenvalue weighted by Gasteiger charge is 2.31. The second-order valence-corrected chi connectivity index (χ2v) is 2.99. The Hall–Kier alpha value is -1.69. The molecule has 1 rings (SSSR count). The summed E-state index contributed by atoms with van der Waals surface area (Å²) in [6.07, 6.45) is 0. The fourth-order valence-corrected chi connectivity index (χ4v) is 1.14. The van der Waals surface area contributed by atoms with Gasteiger partial charge in [0, 0.05) is 0 Å². The Balaban J connectivity index is 2.92. The third-order valence-corrected chi connectivity index (χ3v) is 1.72. The van der Waals surface area contributed by atoms with Gasteiger partial charge in [0.15, 0.2) is 0 Å². The largest absolute Gasteiger partial charge is 0.480 e. The van der Waals surface area contributed by atoms with Crippen LogP contribution in [-0.4, -0.2) is 40.3 Å². The lowest BCUT2D eigenvalue weighted by Crippen LogP contribution is -2.44. The topological polar surface area (TPSA) is 96.0 Å². The van der Waals surface area contributed by atoms with Crippen molar-refractivity contribution in [2.75, 3.05) is 6.54 Å². The van der Waals surface area contributed by atoms with E-state index in [-0.39, 0.29) is 11.5 Å². The van der Waals surface area contributed by atoms with Gasteiger partial charge in [0.05, 0.1) is 6.04 Å². The minimum absolute atomic E-state index is 0.0264.